The van der Waals surface area contributed by atoms with E-state index >= 15 is 0 Å². The van der Waals surface area contributed by atoms with Gasteiger partial charge in [0, 0.05) is 5.75 Å². The Morgan fingerprint density at radius 3 is 2.69 bits per heavy atom. The minimum Gasteiger partial charge on any atom is -0.324 e. The van der Waals surface area contributed by atoms with Crippen LogP contribution in [0.15, 0.2) is 0 Å². The molecule has 0 rings (SSSR count). The Bertz CT molecular complexity index is 167. The zero-order chi connectivity index (χ0) is 10.2. The first kappa shape index (κ1) is 14.2. The van der Waals surface area contributed by atoms with E-state index in [0.717, 1.165) is 12.2 Å². The largest absolute Gasteiger partial charge is 0.324 e. The molecular weight excluding hydrogens is 247 g/mol. The molecule has 3 nitrogen and oxygen atoms in total. The highest BCUT2D eigenvalue weighted by molar-refractivity contribution is 8.76. The van der Waals surface area contributed by atoms with E-state index in [-0.39, 0.29) is 0 Å². The molecule has 0 spiro atoms. The lowest BCUT2D eigenvalue weighted by Gasteiger charge is -2.13. The van der Waals surface area contributed by atoms with Crippen LogP contribution >= 0.6 is 28.3 Å². The second kappa shape index (κ2) is 8.53. The summed E-state index contributed by atoms with van der Waals surface area (Å²) in [5.74, 6) is 1.00. The lowest BCUT2D eigenvalue weighted by atomic mass is 10.5. The first-order chi connectivity index (χ1) is 6.12. The Morgan fingerprint density at radius 2 is 2.15 bits per heavy atom. The minimum atomic E-state index is -2.92. The Kier molecular flexibility index (Phi) is 9.34. The van der Waals surface area contributed by atoms with Gasteiger partial charge in [0.1, 0.15) is 0 Å². The predicted molar refractivity (Wildman–Crippen MR) is 64.7 cm³/mol. The smallest absolute Gasteiger partial charge is 0.324 e. The van der Waals surface area contributed by atoms with E-state index in [1.165, 1.54) is 0 Å². The van der Waals surface area contributed by atoms with Crippen molar-refractivity contribution in [3.05, 3.63) is 0 Å². The van der Waals surface area contributed by atoms with E-state index in [9.17, 15) is 4.89 Å². The molecule has 0 aromatic heterocycles. The number of rotatable bonds is 8. The fourth-order valence-corrected chi connectivity index (χ4v) is 3.14. The topological polar surface area (TPSA) is 38.7 Å². The molecule has 1 N–H and O–H groups in total. The summed E-state index contributed by atoms with van der Waals surface area (Å²) in [5.41, 5.74) is 0. The maximum absolute atomic E-state index is 9.34. The summed E-state index contributed by atoms with van der Waals surface area (Å²) in [6.45, 7) is -0.272. The van der Waals surface area contributed by atoms with Gasteiger partial charge in [0.15, 0.2) is 0 Å². The third-order valence-corrected chi connectivity index (χ3v) is 4.66. The van der Waals surface area contributed by atoms with Crippen LogP contribution < -0.4 is 0 Å². The van der Waals surface area contributed by atoms with Crippen LogP contribution in [-0.4, -0.2) is 30.1 Å². The average Bonchev–Trinajstić information content (AvgIpc) is 2.04. The van der Waals surface area contributed by atoms with Gasteiger partial charge in [-0.05, 0) is 31.4 Å². The predicted octanol–water partition coefficient (Wildman–Crippen LogP) is 2.66. The van der Waals surface area contributed by atoms with Crippen LogP contribution in [0.4, 0.5) is 0 Å². The molecule has 1 unspecified atom stereocenters. The average molecular weight is 262 g/mol. The summed E-state index contributed by atoms with van der Waals surface area (Å²) in [6.07, 6.45) is 2.92. The van der Waals surface area contributed by atoms with Crippen molar-refractivity contribution in [3.8, 4) is 0 Å². The zero-order valence-electron chi connectivity index (χ0n) is 7.76. The maximum Gasteiger partial charge on any atom is 0.324 e. The molecule has 7 heteroatoms. The van der Waals surface area contributed by atoms with E-state index in [1.807, 2.05) is 6.26 Å². The summed E-state index contributed by atoms with van der Waals surface area (Å²) in [4.78, 5) is 9.34. The quantitative estimate of drug-likeness (QED) is 0.412. The minimum absolute atomic E-state index is 0.396. The van der Waals surface area contributed by atoms with E-state index < -0.39 is 6.72 Å². The molecule has 1 atom stereocenters. The molecular formula is C6H15O3PS3. The van der Waals surface area contributed by atoms with Gasteiger partial charge in [0.25, 0.3) is 0 Å². The van der Waals surface area contributed by atoms with E-state index in [1.54, 1.807) is 28.5 Å². The molecule has 0 saturated heterocycles. The van der Waals surface area contributed by atoms with Crippen molar-refractivity contribution >= 4 is 40.1 Å². The van der Waals surface area contributed by atoms with Crippen molar-refractivity contribution < 1.29 is 13.9 Å². The normalized spacial score (nSPS) is 15.6. The molecule has 80 valence electrons. The third-order valence-electron chi connectivity index (χ3n) is 1.04. The van der Waals surface area contributed by atoms with Gasteiger partial charge >= 0.3 is 6.72 Å². The van der Waals surface area contributed by atoms with Crippen LogP contribution in [0.5, 0.6) is 0 Å². The van der Waals surface area contributed by atoms with Crippen LogP contribution in [0.3, 0.4) is 0 Å². The number of hydrogen-bond donors (Lipinski definition) is 1. The summed E-state index contributed by atoms with van der Waals surface area (Å²) >= 11 is 4.73. The first-order valence-electron chi connectivity index (χ1n) is 3.90. The van der Waals surface area contributed by atoms with E-state index in [2.05, 4.69) is 0 Å². The second-order valence-corrected chi connectivity index (χ2v) is 7.58. The highest BCUT2D eigenvalue weighted by Gasteiger charge is 2.12. The molecule has 0 aromatic rings. The van der Waals surface area contributed by atoms with E-state index in [4.69, 9.17) is 20.9 Å². The second-order valence-electron chi connectivity index (χ2n) is 2.06. The van der Waals surface area contributed by atoms with Crippen LogP contribution in [0.1, 0.15) is 13.3 Å². The summed E-state index contributed by atoms with van der Waals surface area (Å²) in [6, 6.07) is 0. The van der Waals surface area contributed by atoms with Gasteiger partial charge in [-0.3, -0.25) is 0 Å². The van der Waals surface area contributed by atoms with Crippen molar-refractivity contribution in [1.82, 2.24) is 0 Å². The molecule has 0 aromatic carbocycles. The molecule has 0 aliphatic rings. The molecule has 0 heterocycles. The highest BCUT2D eigenvalue weighted by Crippen LogP contribution is 2.43. The fraction of sp³-hybridized carbons (Fsp3) is 1.00. The van der Waals surface area contributed by atoms with Gasteiger partial charge in [-0.1, -0.05) is 21.6 Å². The van der Waals surface area contributed by atoms with E-state index in [0.29, 0.717) is 13.2 Å². The van der Waals surface area contributed by atoms with Crippen LogP contribution in [0.2, 0.25) is 0 Å². The number of hydrogen-bond acceptors (Lipinski definition) is 5. The summed E-state index contributed by atoms with van der Waals surface area (Å²) < 4.78 is 9.94. The van der Waals surface area contributed by atoms with Crippen LogP contribution in [0, 0.1) is 0 Å². The van der Waals surface area contributed by atoms with Gasteiger partial charge in [-0.15, -0.1) is 0 Å². The third kappa shape index (κ3) is 9.53. The Morgan fingerprint density at radius 1 is 1.46 bits per heavy atom. The molecule has 13 heavy (non-hydrogen) atoms. The van der Waals surface area contributed by atoms with Crippen molar-refractivity contribution in [3.63, 3.8) is 0 Å². The Labute approximate surface area is 92.6 Å². The Hall–Kier alpha value is 1.23. The highest BCUT2D eigenvalue weighted by atomic mass is 33.1. The Balaban J connectivity index is 3.35. The molecule has 0 aliphatic heterocycles. The molecule has 0 aliphatic carbocycles. The summed E-state index contributed by atoms with van der Waals surface area (Å²) in [5, 5.41) is 0. The van der Waals surface area contributed by atoms with Gasteiger partial charge < -0.3 is 13.9 Å². The molecule has 0 bridgehead atoms. The zero-order valence-corrected chi connectivity index (χ0v) is 11.1. The van der Waals surface area contributed by atoms with Gasteiger partial charge in [0.05, 0.1) is 13.2 Å². The molecule has 0 amide bonds. The lowest BCUT2D eigenvalue weighted by Crippen LogP contribution is -1.97. The standard InChI is InChI=1S/C6H15O3PS3/c1-3-8-10(7,11)9-5-4-6-13-12-2/h3-6H2,1-2H3,(H,7,11). The first-order valence-corrected chi connectivity index (χ1v) is 9.21. The van der Waals surface area contributed by atoms with Crippen molar-refractivity contribution in [1.29, 1.82) is 0 Å². The molecule has 0 saturated carbocycles. The van der Waals surface area contributed by atoms with Gasteiger partial charge in [0.2, 0.25) is 0 Å². The monoisotopic (exact) mass is 262 g/mol. The van der Waals surface area contributed by atoms with Crippen molar-refractivity contribution in [2.24, 2.45) is 0 Å². The van der Waals surface area contributed by atoms with Gasteiger partial charge in [-0.2, -0.15) is 0 Å². The van der Waals surface area contributed by atoms with Crippen LogP contribution in [-0.2, 0) is 20.9 Å². The molecule has 0 radical (unpaired) electrons. The molecule has 0 fully saturated rings. The van der Waals surface area contributed by atoms with Crippen molar-refractivity contribution in [2.75, 3.05) is 25.2 Å². The maximum atomic E-state index is 9.34. The SMILES string of the molecule is CCOP(O)(=S)OCCCSSC. The summed E-state index contributed by atoms with van der Waals surface area (Å²) in [7, 11) is 3.48. The van der Waals surface area contributed by atoms with Crippen molar-refractivity contribution in [2.45, 2.75) is 13.3 Å². The lowest BCUT2D eigenvalue weighted by molar-refractivity contribution is 0.205. The fourth-order valence-electron chi connectivity index (χ4n) is 0.582. The van der Waals surface area contributed by atoms with Gasteiger partial charge in [-0.25, -0.2) is 0 Å². The van der Waals surface area contributed by atoms with Crippen LogP contribution in [0.25, 0.3) is 0 Å².